The molecule has 1 fully saturated rings. The van der Waals surface area contributed by atoms with Gasteiger partial charge >= 0.3 is 6.03 Å². The van der Waals surface area contributed by atoms with Crippen LogP contribution in [0.2, 0.25) is 5.02 Å². The highest BCUT2D eigenvalue weighted by Crippen LogP contribution is 2.25. The monoisotopic (exact) mass is 567 g/mol. The van der Waals surface area contributed by atoms with Gasteiger partial charge in [-0.2, -0.15) is 4.98 Å². The van der Waals surface area contributed by atoms with Crippen LogP contribution in [0.15, 0.2) is 91.0 Å². The largest absolute Gasteiger partial charge is 0.492 e. The smallest absolute Gasteiger partial charge is 0.323 e. The molecular formula is C31H30ClN7O2. The molecule has 0 radical (unpaired) electrons. The highest BCUT2D eigenvalue weighted by molar-refractivity contribution is 6.30. The first-order chi connectivity index (χ1) is 20.1. The maximum absolute atomic E-state index is 12.5. The van der Waals surface area contributed by atoms with Gasteiger partial charge in [0.1, 0.15) is 12.4 Å². The molecule has 41 heavy (non-hydrogen) atoms. The number of fused-ring (bicyclic) bond motifs is 1. The lowest BCUT2D eigenvalue weighted by atomic mass is 10.1. The Morgan fingerprint density at radius 1 is 0.854 bits per heavy atom. The Balaban J connectivity index is 1.12. The van der Waals surface area contributed by atoms with Gasteiger partial charge in [-0.05, 0) is 92.7 Å². The van der Waals surface area contributed by atoms with Crippen LogP contribution < -0.4 is 20.7 Å². The Kier molecular flexibility index (Phi) is 7.97. The number of amides is 2. The summed E-state index contributed by atoms with van der Waals surface area (Å²) in [6.07, 6.45) is 2.57. The van der Waals surface area contributed by atoms with Gasteiger partial charge < -0.3 is 20.7 Å². The molecule has 6 rings (SSSR count). The Bertz CT molecular complexity index is 1650. The molecule has 10 heteroatoms. The predicted octanol–water partition coefficient (Wildman–Crippen LogP) is 6.91. The SMILES string of the molecule is O=C(Nc1cccc(Cl)c1)Nc1cccc(-c2cccc3nc(Nc4ccc(OCCN5CCCC5)cc4)nn23)c1. The standard InChI is InChI=1S/C31H30ClN7O2/c32-23-7-4-9-26(21-23)35-31(40)34-25-8-3-6-22(20-25)28-10-5-11-29-36-30(37-39(28)29)33-24-12-14-27(15-13-24)41-19-18-38-16-1-2-17-38/h3-15,20-21H,1-2,16-19H2,(H,33,37)(H2,34,35,40). The zero-order valence-corrected chi connectivity index (χ0v) is 23.1. The number of anilines is 4. The van der Waals surface area contributed by atoms with Crippen LogP contribution in [0.4, 0.5) is 27.8 Å². The fraction of sp³-hybridized carbons (Fsp3) is 0.194. The molecule has 0 spiro atoms. The number of rotatable bonds is 9. The summed E-state index contributed by atoms with van der Waals surface area (Å²) in [5.41, 5.74) is 4.53. The Morgan fingerprint density at radius 2 is 1.59 bits per heavy atom. The molecule has 208 valence electrons. The number of aromatic nitrogens is 3. The molecule has 0 aliphatic carbocycles. The number of nitrogens with zero attached hydrogens (tertiary/aromatic N) is 4. The van der Waals surface area contributed by atoms with Crippen LogP contribution in [-0.2, 0) is 0 Å². The van der Waals surface area contributed by atoms with E-state index in [-0.39, 0.29) is 6.03 Å². The van der Waals surface area contributed by atoms with Gasteiger partial charge in [-0.15, -0.1) is 5.10 Å². The number of likely N-dealkylation sites (tertiary alicyclic amines) is 1. The first kappa shape index (κ1) is 26.6. The van der Waals surface area contributed by atoms with Crippen molar-refractivity contribution in [3.63, 3.8) is 0 Å². The molecule has 0 saturated carbocycles. The van der Waals surface area contributed by atoms with E-state index < -0.39 is 0 Å². The number of nitrogens with one attached hydrogen (secondary N) is 3. The number of hydrogen-bond donors (Lipinski definition) is 3. The molecule has 2 amide bonds. The van der Waals surface area contributed by atoms with Crippen LogP contribution in [0.3, 0.4) is 0 Å². The van der Waals surface area contributed by atoms with Crippen molar-refractivity contribution >= 4 is 46.3 Å². The van der Waals surface area contributed by atoms with E-state index in [9.17, 15) is 4.79 Å². The molecule has 3 aromatic carbocycles. The first-order valence-corrected chi connectivity index (χ1v) is 14.0. The molecule has 1 aliphatic rings. The van der Waals surface area contributed by atoms with Gasteiger partial charge in [-0.25, -0.2) is 9.31 Å². The minimum absolute atomic E-state index is 0.363. The van der Waals surface area contributed by atoms with Crippen LogP contribution in [0, 0.1) is 0 Å². The Labute approximate surface area is 243 Å². The molecule has 0 atom stereocenters. The third-order valence-corrected chi connectivity index (χ3v) is 7.08. The third kappa shape index (κ3) is 6.77. The second-order valence-corrected chi connectivity index (χ2v) is 10.3. The zero-order valence-electron chi connectivity index (χ0n) is 22.4. The summed E-state index contributed by atoms with van der Waals surface area (Å²) in [6.45, 7) is 3.99. The predicted molar refractivity (Wildman–Crippen MR) is 163 cm³/mol. The Hall–Kier alpha value is -4.60. The van der Waals surface area contributed by atoms with Crippen molar-refractivity contribution in [2.45, 2.75) is 12.8 Å². The van der Waals surface area contributed by atoms with E-state index in [1.54, 1.807) is 28.8 Å². The number of carbonyl (C=O) groups is 1. The van der Waals surface area contributed by atoms with E-state index in [2.05, 4.69) is 25.8 Å². The lowest BCUT2D eigenvalue weighted by Gasteiger charge is -2.15. The highest BCUT2D eigenvalue weighted by atomic mass is 35.5. The van der Waals surface area contributed by atoms with Crippen molar-refractivity contribution in [1.29, 1.82) is 0 Å². The average Bonchev–Trinajstić information content (AvgIpc) is 3.64. The number of halogens is 1. The third-order valence-electron chi connectivity index (χ3n) is 6.84. The quantitative estimate of drug-likeness (QED) is 0.179. The summed E-state index contributed by atoms with van der Waals surface area (Å²) in [6, 6.07) is 27.8. The van der Waals surface area contributed by atoms with E-state index in [4.69, 9.17) is 21.4 Å². The number of urea groups is 1. The molecule has 3 N–H and O–H groups in total. The molecule has 0 unspecified atom stereocenters. The summed E-state index contributed by atoms with van der Waals surface area (Å²) in [5.74, 6) is 1.32. The van der Waals surface area contributed by atoms with Gasteiger partial charge in [0.2, 0.25) is 5.95 Å². The van der Waals surface area contributed by atoms with Crippen LogP contribution in [-0.4, -0.2) is 51.8 Å². The second-order valence-electron chi connectivity index (χ2n) is 9.83. The van der Waals surface area contributed by atoms with E-state index in [1.807, 2.05) is 66.7 Å². The van der Waals surface area contributed by atoms with Crippen molar-refractivity contribution < 1.29 is 9.53 Å². The fourth-order valence-corrected chi connectivity index (χ4v) is 5.05. The lowest BCUT2D eigenvalue weighted by molar-refractivity contribution is 0.238. The minimum atomic E-state index is -0.363. The van der Waals surface area contributed by atoms with Crippen LogP contribution >= 0.6 is 11.6 Å². The summed E-state index contributed by atoms with van der Waals surface area (Å²) < 4.78 is 7.69. The molecule has 9 nitrogen and oxygen atoms in total. The molecule has 0 bridgehead atoms. The van der Waals surface area contributed by atoms with Crippen molar-refractivity contribution in [2.75, 3.05) is 42.2 Å². The zero-order chi connectivity index (χ0) is 28.0. The van der Waals surface area contributed by atoms with Crippen molar-refractivity contribution in [2.24, 2.45) is 0 Å². The van der Waals surface area contributed by atoms with Crippen molar-refractivity contribution in [3.05, 3.63) is 96.0 Å². The molecular weight excluding hydrogens is 538 g/mol. The second kappa shape index (κ2) is 12.3. The van der Waals surface area contributed by atoms with Gasteiger partial charge in [0, 0.05) is 34.2 Å². The van der Waals surface area contributed by atoms with Crippen LogP contribution in [0.1, 0.15) is 12.8 Å². The summed E-state index contributed by atoms with van der Waals surface area (Å²) in [5, 5.41) is 14.2. The maximum atomic E-state index is 12.5. The van der Waals surface area contributed by atoms with Gasteiger partial charge in [-0.3, -0.25) is 4.90 Å². The molecule has 5 aromatic rings. The summed E-state index contributed by atoms with van der Waals surface area (Å²) in [7, 11) is 0. The number of carbonyl (C=O) groups excluding carboxylic acids is 1. The highest BCUT2D eigenvalue weighted by Gasteiger charge is 2.12. The van der Waals surface area contributed by atoms with Crippen LogP contribution in [0.25, 0.3) is 16.9 Å². The number of ether oxygens (including phenoxy) is 1. The number of benzene rings is 3. The normalized spacial score (nSPS) is 13.3. The summed E-state index contributed by atoms with van der Waals surface area (Å²) >= 11 is 6.02. The molecule has 1 saturated heterocycles. The van der Waals surface area contributed by atoms with E-state index in [0.29, 0.717) is 34.6 Å². The van der Waals surface area contributed by atoms with Gasteiger partial charge in [0.25, 0.3) is 0 Å². The van der Waals surface area contributed by atoms with Crippen molar-refractivity contribution in [1.82, 2.24) is 19.5 Å². The van der Waals surface area contributed by atoms with Gasteiger partial charge in [0.15, 0.2) is 5.65 Å². The average molecular weight is 568 g/mol. The fourth-order valence-electron chi connectivity index (χ4n) is 4.86. The van der Waals surface area contributed by atoms with E-state index in [1.165, 1.54) is 25.9 Å². The topological polar surface area (TPSA) is 95.8 Å². The minimum Gasteiger partial charge on any atom is -0.492 e. The van der Waals surface area contributed by atoms with Gasteiger partial charge in [0.05, 0.1) is 5.69 Å². The molecule has 2 aromatic heterocycles. The Morgan fingerprint density at radius 3 is 2.37 bits per heavy atom. The van der Waals surface area contributed by atoms with Crippen molar-refractivity contribution in [3.8, 4) is 17.0 Å². The molecule has 3 heterocycles. The first-order valence-electron chi connectivity index (χ1n) is 13.6. The van der Waals surface area contributed by atoms with E-state index in [0.717, 1.165) is 29.2 Å². The lowest BCUT2D eigenvalue weighted by Crippen LogP contribution is -2.25. The number of hydrogen-bond acceptors (Lipinski definition) is 6. The van der Waals surface area contributed by atoms with Crippen LogP contribution in [0.5, 0.6) is 5.75 Å². The van der Waals surface area contributed by atoms with Gasteiger partial charge in [-0.1, -0.05) is 35.9 Å². The maximum Gasteiger partial charge on any atom is 0.323 e. The number of pyridine rings is 1. The summed E-state index contributed by atoms with van der Waals surface area (Å²) in [4.78, 5) is 19.6. The van der Waals surface area contributed by atoms with E-state index >= 15 is 0 Å². The molecule has 1 aliphatic heterocycles.